The summed E-state index contributed by atoms with van der Waals surface area (Å²) in [6, 6.07) is 13.1. The van der Waals surface area contributed by atoms with E-state index in [1.54, 1.807) is 23.5 Å². The quantitative estimate of drug-likeness (QED) is 0.753. The van der Waals surface area contributed by atoms with Gasteiger partial charge in [0.2, 0.25) is 0 Å². The molecule has 1 N–H and O–H groups in total. The lowest BCUT2D eigenvalue weighted by atomic mass is 10.2. The van der Waals surface area contributed by atoms with Crippen molar-refractivity contribution in [2.24, 2.45) is 0 Å². The maximum Gasteiger partial charge on any atom is 0.165 e. The molecule has 3 aromatic rings. The molecule has 0 saturated carbocycles. The van der Waals surface area contributed by atoms with E-state index in [0.717, 1.165) is 5.69 Å². The first-order chi connectivity index (χ1) is 9.78. The Kier molecular flexibility index (Phi) is 3.56. The average molecular weight is 287 g/mol. The molecule has 0 spiro atoms. The van der Waals surface area contributed by atoms with E-state index in [-0.39, 0.29) is 11.6 Å². The highest BCUT2D eigenvalue weighted by Gasteiger charge is 2.05. The van der Waals surface area contributed by atoms with E-state index < -0.39 is 0 Å². The molecule has 0 radical (unpaired) electrons. The van der Waals surface area contributed by atoms with Crippen LogP contribution in [0, 0.1) is 5.82 Å². The topological polar surface area (TPSA) is 21.3 Å². The first kappa shape index (κ1) is 12.9. The molecule has 0 atom stereocenters. The van der Waals surface area contributed by atoms with Gasteiger partial charge >= 0.3 is 0 Å². The highest BCUT2D eigenvalue weighted by molar-refractivity contribution is 7.17. The number of ether oxygens (including phenoxy) is 1. The Hall–Kier alpha value is -2.07. The van der Waals surface area contributed by atoms with Gasteiger partial charge < -0.3 is 10.1 Å². The number of rotatable bonds is 4. The maximum absolute atomic E-state index is 13.3. The summed E-state index contributed by atoms with van der Waals surface area (Å²) in [7, 11) is 1.47. The molecule has 0 unspecified atom stereocenters. The van der Waals surface area contributed by atoms with Crippen molar-refractivity contribution in [1.29, 1.82) is 0 Å². The molecule has 0 bridgehead atoms. The van der Waals surface area contributed by atoms with Crippen LogP contribution in [0.5, 0.6) is 5.75 Å². The van der Waals surface area contributed by atoms with Crippen molar-refractivity contribution in [3.63, 3.8) is 0 Å². The Morgan fingerprint density at radius 2 is 2.05 bits per heavy atom. The van der Waals surface area contributed by atoms with E-state index in [1.807, 2.05) is 12.1 Å². The lowest BCUT2D eigenvalue weighted by Gasteiger charge is -2.08. The van der Waals surface area contributed by atoms with Crippen molar-refractivity contribution >= 4 is 27.1 Å². The predicted octanol–water partition coefficient (Wildman–Crippen LogP) is 4.66. The molecule has 0 fully saturated rings. The van der Waals surface area contributed by atoms with Crippen molar-refractivity contribution in [3.8, 4) is 5.75 Å². The molecule has 20 heavy (non-hydrogen) atoms. The van der Waals surface area contributed by atoms with E-state index in [2.05, 4.69) is 22.8 Å². The average Bonchev–Trinajstić information content (AvgIpc) is 2.90. The number of benzene rings is 2. The zero-order valence-electron chi connectivity index (χ0n) is 11.0. The molecular weight excluding hydrogens is 273 g/mol. The standard InChI is InChI=1S/C16H14FNOS/c1-19-15-8-12(6-7-14(15)17)18-9-11-10-20-16-5-3-2-4-13(11)16/h2-8,10,18H,9H2,1H3. The minimum Gasteiger partial charge on any atom is -0.494 e. The summed E-state index contributed by atoms with van der Waals surface area (Å²) in [6.07, 6.45) is 0. The summed E-state index contributed by atoms with van der Waals surface area (Å²) in [4.78, 5) is 0. The molecule has 0 saturated heterocycles. The molecule has 4 heteroatoms. The zero-order valence-corrected chi connectivity index (χ0v) is 11.8. The summed E-state index contributed by atoms with van der Waals surface area (Å²) in [5, 5.41) is 6.72. The number of anilines is 1. The van der Waals surface area contributed by atoms with E-state index in [4.69, 9.17) is 4.74 Å². The lowest BCUT2D eigenvalue weighted by Crippen LogP contribution is -1.99. The van der Waals surface area contributed by atoms with E-state index in [0.29, 0.717) is 6.54 Å². The third-order valence-electron chi connectivity index (χ3n) is 3.20. The molecule has 0 aliphatic rings. The van der Waals surface area contributed by atoms with Crippen molar-refractivity contribution in [1.82, 2.24) is 0 Å². The van der Waals surface area contributed by atoms with Crippen LogP contribution >= 0.6 is 11.3 Å². The molecule has 0 amide bonds. The Morgan fingerprint density at radius 3 is 2.90 bits per heavy atom. The van der Waals surface area contributed by atoms with Crippen LogP contribution in [0.2, 0.25) is 0 Å². The number of thiophene rings is 1. The SMILES string of the molecule is COc1cc(NCc2csc3ccccc23)ccc1F. The molecule has 2 aromatic carbocycles. The summed E-state index contributed by atoms with van der Waals surface area (Å²) < 4.78 is 19.6. The van der Waals surface area contributed by atoms with Gasteiger partial charge in [-0.3, -0.25) is 0 Å². The number of methoxy groups -OCH3 is 1. The highest BCUT2D eigenvalue weighted by atomic mass is 32.1. The number of fused-ring (bicyclic) bond motifs is 1. The molecule has 1 heterocycles. The number of hydrogen-bond donors (Lipinski definition) is 1. The minimum absolute atomic E-state index is 0.255. The summed E-state index contributed by atoms with van der Waals surface area (Å²) in [5.41, 5.74) is 2.09. The van der Waals surface area contributed by atoms with Gasteiger partial charge in [-0.15, -0.1) is 11.3 Å². The monoisotopic (exact) mass is 287 g/mol. The van der Waals surface area contributed by atoms with Crippen molar-refractivity contribution in [3.05, 3.63) is 59.2 Å². The van der Waals surface area contributed by atoms with Gasteiger partial charge in [-0.05, 0) is 34.5 Å². The van der Waals surface area contributed by atoms with E-state index in [1.165, 1.54) is 28.8 Å². The van der Waals surface area contributed by atoms with Gasteiger partial charge in [0.15, 0.2) is 11.6 Å². The van der Waals surface area contributed by atoms with Crippen LogP contribution in [-0.4, -0.2) is 7.11 Å². The van der Waals surface area contributed by atoms with Crippen LogP contribution in [0.3, 0.4) is 0 Å². The van der Waals surface area contributed by atoms with Gasteiger partial charge in [-0.25, -0.2) is 4.39 Å². The van der Waals surface area contributed by atoms with E-state index in [9.17, 15) is 4.39 Å². The smallest absolute Gasteiger partial charge is 0.165 e. The molecule has 0 aliphatic carbocycles. The number of nitrogens with one attached hydrogen (secondary N) is 1. The summed E-state index contributed by atoms with van der Waals surface area (Å²) in [6.45, 7) is 0.707. The molecule has 3 rings (SSSR count). The Labute approximate surface area is 120 Å². The van der Waals surface area contributed by atoms with Crippen LogP contribution in [-0.2, 0) is 6.54 Å². The fraction of sp³-hybridized carbons (Fsp3) is 0.125. The highest BCUT2D eigenvalue weighted by Crippen LogP contribution is 2.27. The Morgan fingerprint density at radius 1 is 1.20 bits per heavy atom. The fourth-order valence-electron chi connectivity index (χ4n) is 2.14. The molecule has 0 aliphatic heterocycles. The van der Waals surface area contributed by atoms with Crippen molar-refractivity contribution in [2.75, 3.05) is 12.4 Å². The van der Waals surface area contributed by atoms with Gasteiger partial charge in [0.05, 0.1) is 7.11 Å². The van der Waals surface area contributed by atoms with Crippen molar-refractivity contribution in [2.45, 2.75) is 6.54 Å². The first-order valence-corrected chi connectivity index (χ1v) is 7.18. The molecule has 1 aromatic heterocycles. The third kappa shape index (κ3) is 2.47. The number of hydrogen-bond acceptors (Lipinski definition) is 3. The molecule has 2 nitrogen and oxygen atoms in total. The largest absolute Gasteiger partial charge is 0.494 e. The van der Waals surface area contributed by atoms with Crippen LogP contribution in [0.25, 0.3) is 10.1 Å². The maximum atomic E-state index is 13.3. The van der Waals surface area contributed by atoms with Crippen LogP contribution in [0.1, 0.15) is 5.56 Å². The zero-order chi connectivity index (χ0) is 13.9. The van der Waals surface area contributed by atoms with Gasteiger partial charge in [-0.2, -0.15) is 0 Å². The second kappa shape index (κ2) is 5.51. The van der Waals surface area contributed by atoms with Gasteiger partial charge in [-0.1, -0.05) is 18.2 Å². The van der Waals surface area contributed by atoms with Crippen molar-refractivity contribution < 1.29 is 9.13 Å². The third-order valence-corrected chi connectivity index (χ3v) is 4.21. The summed E-state index contributed by atoms with van der Waals surface area (Å²) >= 11 is 1.73. The normalized spacial score (nSPS) is 10.7. The number of halogens is 1. The first-order valence-electron chi connectivity index (χ1n) is 6.30. The van der Waals surface area contributed by atoms with Crippen LogP contribution in [0.15, 0.2) is 47.8 Å². The fourth-order valence-corrected chi connectivity index (χ4v) is 3.10. The Bertz CT molecular complexity index is 738. The van der Waals surface area contributed by atoms with Gasteiger partial charge in [0.25, 0.3) is 0 Å². The minimum atomic E-state index is -0.348. The van der Waals surface area contributed by atoms with Crippen LogP contribution < -0.4 is 10.1 Å². The second-order valence-electron chi connectivity index (χ2n) is 4.46. The lowest BCUT2D eigenvalue weighted by molar-refractivity contribution is 0.387. The summed E-state index contributed by atoms with van der Waals surface area (Å²) in [5.74, 6) is -0.0933. The molecule has 102 valence electrons. The molecular formula is C16H14FNOS. The van der Waals surface area contributed by atoms with Gasteiger partial charge in [0, 0.05) is 23.0 Å². The second-order valence-corrected chi connectivity index (χ2v) is 5.37. The predicted molar refractivity (Wildman–Crippen MR) is 82.1 cm³/mol. The van der Waals surface area contributed by atoms with Gasteiger partial charge in [0.1, 0.15) is 0 Å². The van der Waals surface area contributed by atoms with Crippen LogP contribution in [0.4, 0.5) is 10.1 Å². The Balaban J connectivity index is 1.79. The van der Waals surface area contributed by atoms with E-state index >= 15 is 0 Å².